The first-order chi connectivity index (χ1) is 8.69. The second-order valence-corrected chi connectivity index (χ2v) is 4.28. The molecule has 2 aromatic rings. The lowest BCUT2D eigenvalue weighted by Crippen LogP contribution is -2.04. The first-order valence-corrected chi connectivity index (χ1v) is 5.99. The number of benzene rings is 2. The molecule has 2 rings (SSSR count). The summed E-state index contributed by atoms with van der Waals surface area (Å²) in [6.45, 7) is 0.514. The van der Waals surface area contributed by atoms with Crippen LogP contribution in [0.15, 0.2) is 42.5 Å². The van der Waals surface area contributed by atoms with E-state index in [-0.39, 0.29) is 5.82 Å². The average molecular weight is 266 g/mol. The zero-order chi connectivity index (χ0) is 13.0. The molecule has 4 heteroatoms. The second kappa shape index (κ2) is 5.85. The van der Waals surface area contributed by atoms with Crippen LogP contribution in [0.1, 0.15) is 5.56 Å². The van der Waals surface area contributed by atoms with Gasteiger partial charge in [-0.25, -0.2) is 4.39 Å². The summed E-state index contributed by atoms with van der Waals surface area (Å²) < 4.78 is 18.5. The largest absolute Gasteiger partial charge is 0.457 e. The van der Waals surface area contributed by atoms with E-state index in [9.17, 15) is 4.39 Å². The van der Waals surface area contributed by atoms with E-state index < -0.39 is 0 Å². The van der Waals surface area contributed by atoms with Gasteiger partial charge in [0.15, 0.2) is 0 Å². The van der Waals surface area contributed by atoms with Crippen molar-refractivity contribution in [3.63, 3.8) is 0 Å². The van der Waals surface area contributed by atoms with Crippen LogP contribution in [0, 0.1) is 5.82 Å². The first kappa shape index (κ1) is 12.9. The van der Waals surface area contributed by atoms with Crippen molar-refractivity contribution in [3.05, 3.63) is 58.9 Å². The molecule has 0 radical (unpaired) electrons. The van der Waals surface area contributed by atoms with Crippen LogP contribution in [0.5, 0.6) is 11.5 Å². The van der Waals surface area contributed by atoms with E-state index in [0.717, 1.165) is 5.56 Å². The zero-order valence-corrected chi connectivity index (χ0v) is 10.5. The van der Waals surface area contributed by atoms with Gasteiger partial charge in [-0.15, -0.1) is 0 Å². The molecule has 0 spiro atoms. The van der Waals surface area contributed by atoms with Gasteiger partial charge < -0.3 is 10.5 Å². The van der Waals surface area contributed by atoms with Crippen LogP contribution in [-0.4, -0.2) is 6.54 Å². The van der Waals surface area contributed by atoms with Crippen molar-refractivity contribution >= 4 is 11.6 Å². The SMILES string of the molecule is NCCc1cc(Cl)ccc1Oc1ccc(F)cc1. The molecule has 2 N–H and O–H groups in total. The minimum absolute atomic E-state index is 0.291. The van der Waals surface area contributed by atoms with Crippen LogP contribution < -0.4 is 10.5 Å². The molecule has 0 saturated carbocycles. The van der Waals surface area contributed by atoms with Crippen LogP contribution in [-0.2, 0) is 6.42 Å². The first-order valence-electron chi connectivity index (χ1n) is 5.61. The highest BCUT2D eigenvalue weighted by atomic mass is 35.5. The van der Waals surface area contributed by atoms with Crippen molar-refractivity contribution in [2.75, 3.05) is 6.54 Å². The quantitative estimate of drug-likeness (QED) is 0.913. The lowest BCUT2D eigenvalue weighted by Gasteiger charge is -2.11. The van der Waals surface area contributed by atoms with E-state index in [0.29, 0.717) is 29.5 Å². The van der Waals surface area contributed by atoms with Crippen molar-refractivity contribution in [1.82, 2.24) is 0 Å². The van der Waals surface area contributed by atoms with Gasteiger partial charge >= 0.3 is 0 Å². The molecule has 0 aliphatic heterocycles. The summed E-state index contributed by atoms with van der Waals surface area (Å²) in [5.74, 6) is 0.981. The fraction of sp³-hybridized carbons (Fsp3) is 0.143. The van der Waals surface area contributed by atoms with E-state index in [1.807, 2.05) is 6.07 Å². The third-order valence-electron chi connectivity index (χ3n) is 2.48. The summed E-state index contributed by atoms with van der Waals surface area (Å²) in [7, 11) is 0. The highest BCUT2D eigenvalue weighted by Crippen LogP contribution is 2.28. The van der Waals surface area contributed by atoms with E-state index >= 15 is 0 Å². The van der Waals surface area contributed by atoms with Crippen LogP contribution in [0.25, 0.3) is 0 Å². The third kappa shape index (κ3) is 3.22. The standard InChI is InChI=1S/C14H13ClFNO/c15-11-1-6-14(10(9-11)7-8-17)18-13-4-2-12(16)3-5-13/h1-6,9H,7-8,17H2. The maximum Gasteiger partial charge on any atom is 0.130 e. The van der Waals surface area contributed by atoms with Crippen molar-refractivity contribution in [2.45, 2.75) is 6.42 Å². The molecular formula is C14H13ClFNO. The van der Waals surface area contributed by atoms with Crippen LogP contribution in [0.3, 0.4) is 0 Å². The van der Waals surface area contributed by atoms with Crippen LogP contribution in [0.2, 0.25) is 5.02 Å². The van der Waals surface area contributed by atoms with E-state index in [2.05, 4.69) is 0 Å². The molecule has 0 fully saturated rings. The Bertz CT molecular complexity index is 528. The van der Waals surface area contributed by atoms with Crippen molar-refractivity contribution in [1.29, 1.82) is 0 Å². The molecule has 2 nitrogen and oxygen atoms in total. The van der Waals surface area contributed by atoms with Crippen molar-refractivity contribution in [2.24, 2.45) is 5.73 Å². The maximum atomic E-state index is 12.8. The highest BCUT2D eigenvalue weighted by molar-refractivity contribution is 6.30. The smallest absolute Gasteiger partial charge is 0.130 e. The van der Waals surface area contributed by atoms with E-state index in [4.69, 9.17) is 22.1 Å². The van der Waals surface area contributed by atoms with Crippen molar-refractivity contribution in [3.8, 4) is 11.5 Å². The Labute approximate surface area is 110 Å². The number of hydrogen-bond donors (Lipinski definition) is 1. The van der Waals surface area contributed by atoms with Gasteiger partial charge in [-0.1, -0.05) is 11.6 Å². The molecule has 0 heterocycles. The van der Waals surface area contributed by atoms with Crippen LogP contribution in [0.4, 0.5) is 4.39 Å². The summed E-state index contributed by atoms with van der Waals surface area (Å²) in [5, 5.41) is 0.643. The minimum Gasteiger partial charge on any atom is -0.457 e. The van der Waals surface area contributed by atoms with Gasteiger partial charge in [-0.05, 0) is 61.0 Å². The predicted molar refractivity (Wildman–Crippen MR) is 70.7 cm³/mol. The normalized spacial score (nSPS) is 10.4. The van der Waals surface area contributed by atoms with Gasteiger partial charge in [-0.3, -0.25) is 0 Å². The molecule has 2 aromatic carbocycles. The maximum absolute atomic E-state index is 12.8. The lowest BCUT2D eigenvalue weighted by molar-refractivity contribution is 0.474. The summed E-state index contributed by atoms with van der Waals surface area (Å²) in [6.07, 6.45) is 0.678. The predicted octanol–water partition coefficient (Wildman–Crippen LogP) is 3.77. The topological polar surface area (TPSA) is 35.2 Å². The molecule has 0 amide bonds. The molecule has 0 unspecified atom stereocenters. The van der Waals surface area contributed by atoms with Crippen molar-refractivity contribution < 1.29 is 9.13 Å². The number of ether oxygens (including phenoxy) is 1. The number of rotatable bonds is 4. The average Bonchev–Trinajstić information content (AvgIpc) is 2.36. The molecule has 0 aliphatic rings. The minimum atomic E-state index is -0.291. The summed E-state index contributed by atoms with van der Waals surface area (Å²) in [5.41, 5.74) is 6.48. The molecule has 0 atom stereocenters. The number of hydrogen-bond acceptors (Lipinski definition) is 2. The summed E-state index contributed by atoms with van der Waals surface area (Å²) in [6, 6.07) is 11.2. The molecular weight excluding hydrogens is 253 g/mol. The summed E-state index contributed by atoms with van der Waals surface area (Å²) in [4.78, 5) is 0. The third-order valence-corrected chi connectivity index (χ3v) is 2.71. The molecule has 0 aliphatic carbocycles. The Kier molecular flexibility index (Phi) is 4.18. The van der Waals surface area contributed by atoms with Gasteiger partial charge in [0.1, 0.15) is 17.3 Å². The Morgan fingerprint density at radius 3 is 2.50 bits per heavy atom. The second-order valence-electron chi connectivity index (χ2n) is 3.85. The number of nitrogens with two attached hydrogens (primary N) is 1. The zero-order valence-electron chi connectivity index (χ0n) is 9.70. The van der Waals surface area contributed by atoms with Gasteiger partial charge in [0.05, 0.1) is 0 Å². The highest BCUT2D eigenvalue weighted by Gasteiger charge is 2.05. The van der Waals surface area contributed by atoms with Gasteiger partial charge in [0.25, 0.3) is 0 Å². The molecule has 94 valence electrons. The Hall–Kier alpha value is -1.58. The molecule has 0 bridgehead atoms. The van der Waals surface area contributed by atoms with Gasteiger partial charge in [0.2, 0.25) is 0 Å². The van der Waals surface area contributed by atoms with Gasteiger partial charge in [-0.2, -0.15) is 0 Å². The van der Waals surface area contributed by atoms with Gasteiger partial charge in [0, 0.05) is 5.02 Å². The monoisotopic (exact) mass is 265 g/mol. The molecule has 0 saturated heterocycles. The Morgan fingerprint density at radius 2 is 1.83 bits per heavy atom. The Morgan fingerprint density at radius 1 is 1.11 bits per heavy atom. The fourth-order valence-corrected chi connectivity index (χ4v) is 1.82. The van der Waals surface area contributed by atoms with Crippen LogP contribution >= 0.6 is 11.6 Å². The number of halogens is 2. The Balaban J connectivity index is 2.25. The molecule has 0 aromatic heterocycles. The summed E-state index contributed by atoms with van der Waals surface area (Å²) >= 11 is 5.93. The fourth-order valence-electron chi connectivity index (χ4n) is 1.63. The molecule has 18 heavy (non-hydrogen) atoms. The lowest BCUT2D eigenvalue weighted by atomic mass is 10.1. The van der Waals surface area contributed by atoms with E-state index in [1.54, 1.807) is 24.3 Å². The van der Waals surface area contributed by atoms with E-state index in [1.165, 1.54) is 12.1 Å².